The van der Waals surface area contributed by atoms with Crippen molar-refractivity contribution in [2.45, 2.75) is 39.3 Å². The Bertz CT molecular complexity index is 397. The van der Waals surface area contributed by atoms with Crippen LogP contribution in [0.4, 0.5) is 4.39 Å². The predicted molar refractivity (Wildman–Crippen MR) is 67.6 cm³/mol. The fourth-order valence-electron chi connectivity index (χ4n) is 1.53. The molecule has 8 heteroatoms. The van der Waals surface area contributed by atoms with Crippen molar-refractivity contribution in [2.24, 2.45) is 5.92 Å². The van der Waals surface area contributed by atoms with Gasteiger partial charge >= 0.3 is 5.97 Å². The van der Waals surface area contributed by atoms with Crippen molar-refractivity contribution < 1.29 is 28.7 Å². The largest absolute Gasteiger partial charge is 0.481 e. The highest BCUT2D eigenvalue weighted by molar-refractivity contribution is 5.94. The highest BCUT2D eigenvalue weighted by Crippen LogP contribution is 2.04. The standard InChI is InChI=1S/C12H19FN2O5/c1-6(2)11(14-7(3)16)12(20)15-8(4-10(18)19)9(17)5-13/h6,8,11H,4-5H2,1-3H3,(H,14,16)(H,15,20)(H,18,19). The smallest absolute Gasteiger partial charge is 0.305 e. The Morgan fingerprint density at radius 1 is 1.15 bits per heavy atom. The first-order valence-electron chi connectivity index (χ1n) is 6.07. The zero-order valence-electron chi connectivity index (χ0n) is 11.6. The molecule has 0 aliphatic rings. The summed E-state index contributed by atoms with van der Waals surface area (Å²) in [5, 5.41) is 13.2. The number of halogens is 1. The van der Waals surface area contributed by atoms with E-state index < -0.39 is 48.7 Å². The summed E-state index contributed by atoms with van der Waals surface area (Å²) in [5.74, 6) is -3.79. The van der Waals surface area contributed by atoms with E-state index in [9.17, 15) is 23.6 Å². The third kappa shape index (κ3) is 6.26. The number of hydrogen-bond acceptors (Lipinski definition) is 4. The van der Waals surface area contributed by atoms with Gasteiger partial charge in [-0.25, -0.2) is 4.39 Å². The number of nitrogens with one attached hydrogen (secondary N) is 2. The van der Waals surface area contributed by atoms with Crippen LogP contribution in [0.1, 0.15) is 27.2 Å². The minimum atomic E-state index is -1.44. The zero-order chi connectivity index (χ0) is 15.9. The fourth-order valence-corrected chi connectivity index (χ4v) is 1.53. The van der Waals surface area contributed by atoms with Crippen molar-refractivity contribution in [2.75, 3.05) is 6.67 Å². The Balaban J connectivity index is 4.90. The van der Waals surface area contributed by atoms with Gasteiger partial charge in [-0.1, -0.05) is 13.8 Å². The van der Waals surface area contributed by atoms with Crippen LogP contribution in [0.2, 0.25) is 0 Å². The average Bonchev–Trinajstić information content (AvgIpc) is 2.32. The van der Waals surface area contributed by atoms with Crippen LogP contribution in [0.25, 0.3) is 0 Å². The number of hydrogen-bond donors (Lipinski definition) is 3. The average molecular weight is 290 g/mol. The van der Waals surface area contributed by atoms with Crippen molar-refractivity contribution in [1.82, 2.24) is 10.6 Å². The van der Waals surface area contributed by atoms with E-state index in [1.54, 1.807) is 13.8 Å². The molecule has 0 aromatic heterocycles. The molecule has 0 rings (SSSR count). The number of ketones is 1. The van der Waals surface area contributed by atoms with E-state index in [1.165, 1.54) is 6.92 Å². The molecule has 0 aliphatic heterocycles. The summed E-state index contributed by atoms with van der Waals surface area (Å²) < 4.78 is 12.3. The fraction of sp³-hybridized carbons (Fsp3) is 0.667. The van der Waals surface area contributed by atoms with Crippen molar-refractivity contribution in [3.05, 3.63) is 0 Å². The normalized spacial score (nSPS) is 13.4. The van der Waals surface area contributed by atoms with E-state index >= 15 is 0 Å². The summed E-state index contributed by atoms with van der Waals surface area (Å²) in [6.07, 6.45) is -0.709. The summed E-state index contributed by atoms with van der Waals surface area (Å²) in [4.78, 5) is 44.8. The number of carboxylic acids is 1. The maximum atomic E-state index is 12.3. The van der Waals surface area contributed by atoms with Crippen LogP contribution in [0.15, 0.2) is 0 Å². The lowest BCUT2D eigenvalue weighted by molar-refractivity contribution is -0.140. The quantitative estimate of drug-likeness (QED) is 0.565. The Labute approximate surface area is 115 Å². The second kappa shape index (κ2) is 8.23. The summed E-state index contributed by atoms with van der Waals surface area (Å²) in [5.41, 5.74) is 0. The van der Waals surface area contributed by atoms with E-state index in [2.05, 4.69) is 10.6 Å². The topological polar surface area (TPSA) is 113 Å². The first-order chi connectivity index (χ1) is 9.18. The van der Waals surface area contributed by atoms with E-state index in [1.807, 2.05) is 0 Å². The molecule has 3 N–H and O–H groups in total. The molecule has 20 heavy (non-hydrogen) atoms. The molecule has 0 aromatic carbocycles. The molecule has 0 spiro atoms. The molecule has 0 bridgehead atoms. The molecule has 114 valence electrons. The molecule has 0 aliphatic carbocycles. The van der Waals surface area contributed by atoms with Gasteiger partial charge in [-0.15, -0.1) is 0 Å². The van der Waals surface area contributed by atoms with Crippen molar-refractivity contribution in [3.63, 3.8) is 0 Å². The molecule has 2 atom stereocenters. The third-order valence-electron chi connectivity index (χ3n) is 2.52. The summed E-state index contributed by atoms with van der Waals surface area (Å²) in [6.45, 7) is 3.20. The second-order valence-corrected chi connectivity index (χ2v) is 4.68. The van der Waals surface area contributed by atoms with Crippen LogP contribution < -0.4 is 10.6 Å². The van der Waals surface area contributed by atoms with E-state index in [0.717, 1.165) is 0 Å². The number of aliphatic carboxylic acids is 1. The van der Waals surface area contributed by atoms with E-state index in [-0.39, 0.29) is 5.92 Å². The molecule has 0 radical (unpaired) electrons. The second-order valence-electron chi connectivity index (χ2n) is 4.68. The number of amides is 2. The number of carbonyl (C=O) groups is 4. The highest BCUT2D eigenvalue weighted by atomic mass is 19.1. The highest BCUT2D eigenvalue weighted by Gasteiger charge is 2.29. The molecule has 0 saturated carbocycles. The first kappa shape index (κ1) is 18.0. The number of carbonyl (C=O) groups excluding carboxylic acids is 3. The number of carboxylic acid groups (broad SMARTS) is 1. The molecule has 0 heterocycles. The molecule has 2 unspecified atom stereocenters. The van der Waals surface area contributed by atoms with E-state index in [4.69, 9.17) is 5.11 Å². The van der Waals surface area contributed by atoms with Crippen LogP contribution in [0.5, 0.6) is 0 Å². The molecule has 2 amide bonds. The van der Waals surface area contributed by atoms with Crippen molar-refractivity contribution in [3.8, 4) is 0 Å². The molecule has 0 fully saturated rings. The van der Waals surface area contributed by atoms with Gasteiger partial charge in [0.25, 0.3) is 0 Å². The Morgan fingerprint density at radius 3 is 2.05 bits per heavy atom. The van der Waals surface area contributed by atoms with Gasteiger partial charge in [0.2, 0.25) is 11.8 Å². The Kier molecular flexibility index (Phi) is 7.42. The number of rotatable bonds is 8. The maximum Gasteiger partial charge on any atom is 0.305 e. The van der Waals surface area contributed by atoms with Crippen molar-refractivity contribution in [1.29, 1.82) is 0 Å². The molecular formula is C12H19FN2O5. The van der Waals surface area contributed by atoms with Crippen LogP contribution in [-0.2, 0) is 19.2 Å². The Hall–Kier alpha value is -1.99. The molecular weight excluding hydrogens is 271 g/mol. The Morgan fingerprint density at radius 2 is 1.70 bits per heavy atom. The summed E-state index contributed by atoms with van der Waals surface area (Å²) in [7, 11) is 0. The molecule has 0 aromatic rings. The summed E-state index contributed by atoms with van der Waals surface area (Å²) >= 11 is 0. The van der Waals surface area contributed by atoms with Gasteiger partial charge in [0.15, 0.2) is 5.78 Å². The zero-order valence-corrected chi connectivity index (χ0v) is 11.6. The lowest BCUT2D eigenvalue weighted by Crippen LogP contribution is -2.54. The summed E-state index contributed by atoms with van der Waals surface area (Å²) in [6, 6.07) is -2.36. The van der Waals surface area contributed by atoms with Gasteiger partial charge in [0, 0.05) is 6.92 Å². The lowest BCUT2D eigenvalue weighted by atomic mass is 10.0. The molecule has 0 saturated heterocycles. The van der Waals surface area contributed by atoms with Crippen LogP contribution in [0, 0.1) is 5.92 Å². The van der Waals surface area contributed by atoms with Gasteiger partial charge in [-0.05, 0) is 5.92 Å². The maximum absolute atomic E-state index is 12.3. The first-order valence-corrected chi connectivity index (χ1v) is 6.07. The van der Waals surface area contributed by atoms with Gasteiger partial charge in [-0.3, -0.25) is 19.2 Å². The van der Waals surface area contributed by atoms with Gasteiger partial charge in [-0.2, -0.15) is 0 Å². The number of Topliss-reactive ketones (excluding diaryl/α,β-unsaturated/α-hetero) is 1. The van der Waals surface area contributed by atoms with E-state index in [0.29, 0.717) is 0 Å². The van der Waals surface area contributed by atoms with Gasteiger partial charge in [0.1, 0.15) is 18.8 Å². The lowest BCUT2D eigenvalue weighted by Gasteiger charge is -2.23. The molecule has 7 nitrogen and oxygen atoms in total. The SMILES string of the molecule is CC(=O)NC(C(=O)NC(CC(=O)O)C(=O)CF)C(C)C. The van der Waals surface area contributed by atoms with Crippen LogP contribution in [0.3, 0.4) is 0 Å². The van der Waals surface area contributed by atoms with Gasteiger partial charge < -0.3 is 15.7 Å². The predicted octanol–water partition coefficient (Wildman–Crippen LogP) is -0.355. The third-order valence-corrected chi connectivity index (χ3v) is 2.52. The minimum absolute atomic E-state index is 0.273. The van der Waals surface area contributed by atoms with Crippen molar-refractivity contribution >= 4 is 23.6 Å². The monoisotopic (exact) mass is 290 g/mol. The number of alkyl halides is 1. The van der Waals surface area contributed by atoms with Gasteiger partial charge in [0.05, 0.1) is 6.42 Å². The van der Waals surface area contributed by atoms with Crippen LogP contribution >= 0.6 is 0 Å². The minimum Gasteiger partial charge on any atom is -0.481 e. The van der Waals surface area contributed by atoms with Crippen LogP contribution in [-0.4, -0.2) is 47.4 Å².